The maximum atomic E-state index is 14.0. The highest BCUT2D eigenvalue weighted by molar-refractivity contribution is 6.31. The minimum Gasteiger partial charge on any atom is -0.496 e. The fourth-order valence-electron chi connectivity index (χ4n) is 2.05. The molecule has 20 heavy (non-hydrogen) atoms. The topological polar surface area (TPSA) is 47.3 Å². The van der Waals surface area contributed by atoms with Crippen molar-refractivity contribution >= 4 is 11.6 Å². The first-order chi connectivity index (χ1) is 9.58. The zero-order chi connectivity index (χ0) is 14.7. The van der Waals surface area contributed by atoms with Crippen molar-refractivity contribution in [2.45, 2.75) is 6.04 Å². The predicted molar refractivity (Wildman–Crippen MR) is 73.5 cm³/mol. The Bertz CT molecular complexity index is 602. The molecule has 0 aliphatic heterocycles. The Labute approximate surface area is 120 Å². The van der Waals surface area contributed by atoms with Gasteiger partial charge in [-0.2, -0.15) is 0 Å². The van der Waals surface area contributed by atoms with E-state index in [4.69, 9.17) is 22.2 Å². The Kier molecular flexibility index (Phi) is 4.54. The molecule has 6 heteroatoms. The van der Waals surface area contributed by atoms with Crippen molar-refractivity contribution in [3.8, 4) is 5.75 Å². The van der Waals surface area contributed by atoms with E-state index in [0.29, 0.717) is 11.3 Å². The highest BCUT2D eigenvalue weighted by Gasteiger charge is 2.23. The summed E-state index contributed by atoms with van der Waals surface area (Å²) in [5.41, 5.74) is 2.95. The molecular weight excluding hydrogens is 286 g/mol. The molecule has 3 N–H and O–H groups in total. The summed E-state index contributed by atoms with van der Waals surface area (Å²) in [6.45, 7) is 0. The molecule has 0 spiro atoms. The average molecular weight is 299 g/mol. The molecule has 2 aromatic rings. The number of nitrogens with one attached hydrogen (secondary N) is 1. The predicted octanol–water partition coefficient (Wildman–Crippen LogP) is 3.18. The second kappa shape index (κ2) is 6.17. The second-order valence-corrected chi connectivity index (χ2v) is 4.53. The quantitative estimate of drug-likeness (QED) is 0.673. The van der Waals surface area contributed by atoms with Crippen molar-refractivity contribution in [2.75, 3.05) is 7.11 Å². The lowest BCUT2D eigenvalue weighted by Gasteiger charge is -2.21. The van der Waals surface area contributed by atoms with Crippen molar-refractivity contribution in [2.24, 2.45) is 5.84 Å². The first-order valence-electron chi connectivity index (χ1n) is 5.82. The van der Waals surface area contributed by atoms with E-state index in [1.807, 2.05) is 0 Å². The van der Waals surface area contributed by atoms with Crippen molar-refractivity contribution in [1.82, 2.24) is 5.43 Å². The summed E-state index contributed by atoms with van der Waals surface area (Å²) in [7, 11) is 1.44. The van der Waals surface area contributed by atoms with Gasteiger partial charge >= 0.3 is 0 Å². The van der Waals surface area contributed by atoms with Crippen LogP contribution in [0.3, 0.4) is 0 Å². The average Bonchev–Trinajstić information content (AvgIpc) is 2.43. The summed E-state index contributed by atoms with van der Waals surface area (Å²) in [6, 6.07) is 7.38. The number of benzene rings is 2. The van der Waals surface area contributed by atoms with E-state index in [2.05, 4.69) is 5.43 Å². The molecule has 0 aliphatic carbocycles. The molecule has 0 aliphatic rings. The van der Waals surface area contributed by atoms with Crippen molar-refractivity contribution in [3.63, 3.8) is 0 Å². The summed E-state index contributed by atoms with van der Waals surface area (Å²) in [4.78, 5) is 0. The van der Waals surface area contributed by atoms with Crippen LogP contribution in [-0.4, -0.2) is 7.11 Å². The standard InChI is InChI=1S/C14H13ClF2N2O/c1-20-12-6-5-8(16)7-9(12)14(19-18)13-10(15)3-2-4-11(13)17/h2-7,14,19H,18H2,1H3. The molecule has 0 amide bonds. The third-order valence-electron chi connectivity index (χ3n) is 2.96. The maximum Gasteiger partial charge on any atom is 0.129 e. The lowest BCUT2D eigenvalue weighted by atomic mass is 9.97. The van der Waals surface area contributed by atoms with Gasteiger partial charge in [0.25, 0.3) is 0 Å². The van der Waals surface area contributed by atoms with Crippen molar-refractivity contribution in [3.05, 3.63) is 64.2 Å². The summed E-state index contributed by atoms with van der Waals surface area (Å²) in [6.07, 6.45) is 0. The maximum absolute atomic E-state index is 14.0. The van der Waals surface area contributed by atoms with Crippen LogP contribution in [0.4, 0.5) is 8.78 Å². The molecule has 2 rings (SSSR count). The summed E-state index contributed by atoms with van der Waals surface area (Å²) >= 11 is 6.02. The number of hydrazine groups is 1. The number of nitrogens with two attached hydrogens (primary N) is 1. The van der Waals surface area contributed by atoms with Gasteiger partial charge in [-0.1, -0.05) is 17.7 Å². The highest BCUT2D eigenvalue weighted by atomic mass is 35.5. The molecule has 0 saturated heterocycles. The van der Waals surface area contributed by atoms with Gasteiger partial charge in [0.05, 0.1) is 13.2 Å². The molecule has 1 atom stereocenters. The van der Waals surface area contributed by atoms with Crippen LogP contribution in [0.5, 0.6) is 5.75 Å². The van der Waals surface area contributed by atoms with Crippen LogP contribution >= 0.6 is 11.6 Å². The SMILES string of the molecule is COc1ccc(F)cc1C(NN)c1c(F)cccc1Cl. The van der Waals surface area contributed by atoms with Crippen LogP contribution < -0.4 is 16.0 Å². The van der Waals surface area contributed by atoms with E-state index >= 15 is 0 Å². The molecule has 3 nitrogen and oxygen atoms in total. The fourth-order valence-corrected chi connectivity index (χ4v) is 2.32. The van der Waals surface area contributed by atoms with Crippen LogP contribution in [-0.2, 0) is 0 Å². The first kappa shape index (κ1) is 14.7. The Morgan fingerprint density at radius 1 is 1.25 bits per heavy atom. The summed E-state index contributed by atoms with van der Waals surface area (Å²) in [5, 5.41) is 0.194. The zero-order valence-electron chi connectivity index (χ0n) is 10.7. The van der Waals surface area contributed by atoms with Crippen LogP contribution in [0.15, 0.2) is 36.4 Å². The number of methoxy groups -OCH3 is 1. The smallest absolute Gasteiger partial charge is 0.129 e. The van der Waals surface area contributed by atoms with Gasteiger partial charge in [0, 0.05) is 16.1 Å². The van der Waals surface area contributed by atoms with Gasteiger partial charge in [0.15, 0.2) is 0 Å². The molecule has 0 bridgehead atoms. The Balaban J connectivity index is 2.61. The molecule has 0 aromatic heterocycles. The van der Waals surface area contributed by atoms with Gasteiger partial charge in [-0.15, -0.1) is 0 Å². The largest absolute Gasteiger partial charge is 0.496 e. The van der Waals surface area contributed by atoms with Crippen LogP contribution in [0.1, 0.15) is 17.2 Å². The number of rotatable bonds is 4. The Hall–Kier alpha value is -1.69. The molecule has 2 aromatic carbocycles. The molecule has 0 radical (unpaired) electrons. The first-order valence-corrected chi connectivity index (χ1v) is 6.19. The number of ether oxygens (including phenoxy) is 1. The van der Waals surface area contributed by atoms with Crippen molar-refractivity contribution < 1.29 is 13.5 Å². The van der Waals surface area contributed by atoms with Gasteiger partial charge in [-0.25, -0.2) is 14.2 Å². The van der Waals surface area contributed by atoms with Gasteiger partial charge in [0.2, 0.25) is 0 Å². The monoisotopic (exact) mass is 298 g/mol. The molecule has 1 unspecified atom stereocenters. The van der Waals surface area contributed by atoms with Crippen LogP contribution in [0, 0.1) is 11.6 Å². The number of hydrogen-bond donors (Lipinski definition) is 2. The second-order valence-electron chi connectivity index (χ2n) is 4.12. The summed E-state index contributed by atoms with van der Waals surface area (Å²) < 4.78 is 32.6. The third-order valence-corrected chi connectivity index (χ3v) is 3.29. The summed E-state index contributed by atoms with van der Waals surface area (Å²) in [5.74, 6) is 4.86. The zero-order valence-corrected chi connectivity index (χ0v) is 11.4. The van der Waals surface area contributed by atoms with Crippen LogP contribution in [0.25, 0.3) is 0 Å². The van der Waals surface area contributed by atoms with E-state index in [1.54, 1.807) is 0 Å². The third kappa shape index (κ3) is 2.75. The van der Waals surface area contributed by atoms with E-state index in [-0.39, 0.29) is 10.6 Å². The Morgan fingerprint density at radius 2 is 2.00 bits per heavy atom. The van der Waals surface area contributed by atoms with Gasteiger partial charge in [-0.3, -0.25) is 5.84 Å². The highest BCUT2D eigenvalue weighted by Crippen LogP contribution is 2.35. The van der Waals surface area contributed by atoms with Crippen LogP contribution in [0.2, 0.25) is 5.02 Å². The number of halogens is 3. The van der Waals surface area contributed by atoms with E-state index < -0.39 is 17.7 Å². The lowest BCUT2D eigenvalue weighted by Crippen LogP contribution is -2.30. The van der Waals surface area contributed by atoms with E-state index in [9.17, 15) is 8.78 Å². The lowest BCUT2D eigenvalue weighted by molar-refractivity contribution is 0.401. The van der Waals surface area contributed by atoms with Crippen molar-refractivity contribution in [1.29, 1.82) is 0 Å². The minimum atomic E-state index is -0.825. The Morgan fingerprint density at radius 3 is 2.60 bits per heavy atom. The minimum absolute atomic E-state index is 0.139. The molecule has 0 saturated carbocycles. The molecular formula is C14H13ClF2N2O. The normalized spacial score (nSPS) is 12.2. The number of hydrogen-bond acceptors (Lipinski definition) is 3. The van der Waals surface area contributed by atoms with Gasteiger partial charge in [-0.05, 0) is 30.3 Å². The molecule has 0 fully saturated rings. The van der Waals surface area contributed by atoms with E-state index in [1.165, 1.54) is 43.5 Å². The molecule has 0 heterocycles. The van der Waals surface area contributed by atoms with E-state index in [0.717, 1.165) is 0 Å². The fraction of sp³-hybridized carbons (Fsp3) is 0.143. The van der Waals surface area contributed by atoms with Gasteiger partial charge in [0.1, 0.15) is 17.4 Å². The molecule has 106 valence electrons. The van der Waals surface area contributed by atoms with Gasteiger partial charge < -0.3 is 4.74 Å².